The highest BCUT2D eigenvalue weighted by Gasteiger charge is 2.17. The van der Waals surface area contributed by atoms with Crippen molar-refractivity contribution in [2.45, 2.75) is 27.7 Å². The molecule has 2 N–H and O–H groups in total. The smallest absolute Gasteiger partial charge is 0.331 e. The van der Waals surface area contributed by atoms with E-state index in [1.807, 2.05) is 0 Å². The highest BCUT2D eigenvalue weighted by molar-refractivity contribution is 6.14. The van der Waals surface area contributed by atoms with Gasteiger partial charge in [-0.1, -0.05) is 0 Å². The number of allylic oxidation sites excluding steroid dienone is 2. The zero-order chi connectivity index (χ0) is 13.0. The Balaban J connectivity index is 5.42. The number of hydrogen-bond acceptors (Lipinski definition) is 3. The normalized spacial score (nSPS) is 13.8. The van der Waals surface area contributed by atoms with Gasteiger partial charge in [-0.3, -0.25) is 4.79 Å². The highest BCUT2D eigenvalue weighted by atomic mass is 16.4. The maximum Gasteiger partial charge on any atom is 0.331 e. The van der Waals surface area contributed by atoms with Gasteiger partial charge in [-0.2, -0.15) is 0 Å². The van der Waals surface area contributed by atoms with Crippen LogP contribution in [0.4, 0.5) is 0 Å². The molecule has 0 fully saturated rings. The van der Waals surface area contributed by atoms with Crippen molar-refractivity contribution < 1.29 is 24.6 Å². The van der Waals surface area contributed by atoms with E-state index in [4.69, 9.17) is 10.2 Å². The summed E-state index contributed by atoms with van der Waals surface area (Å²) in [6, 6.07) is 0. The first-order valence-corrected chi connectivity index (χ1v) is 4.56. The van der Waals surface area contributed by atoms with E-state index in [0.717, 1.165) is 0 Å². The monoisotopic (exact) mass is 226 g/mol. The van der Waals surface area contributed by atoms with Gasteiger partial charge in [-0.05, 0) is 27.7 Å². The van der Waals surface area contributed by atoms with Gasteiger partial charge in [-0.15, -0.1) is 0 Å². The lowest BCUT2D eigenvalue weighted by atomic mass is 9.98. The SMILES string of the molecule is CC(C(=O)O)=C(C)C(=O)C(C)=C(C)C(=O)O. The van der Waals surface area contributed by atoms with Crippen molar-refractivity contribution in [2.75, 3.05) is 0 Å². The molecule has 0 aliphatic rings. The van der Waals surface area contributed by atoms with Crippen LogP contribution in [0.5, 0.6) is 0 Å². The molecule has 0 saturated heterocycles. The van der Waals surface area contributed by atoms with Crippen LogP contribution in [0, 0.1) is 0 Å². The number of carbonyl (C=O) groups excluding carboxylic acids is 1. The maximum atomic E-state index is 11.7. The molecule has 0 aromatic heterocycles. The fourth-order valence-corrected chi connectivity index (χ4v) is 0.943. The molecule has 5 heteroatoms. The predicted molar refractivity (Wildman–Crippen MR) is 57.0 cm³/mol. The quantitative estimate of drug-likeness (QED) is 0.707. The largest absolute Gasteiger partial charge is 0.478 e. The number of aliphatic carboxylic acids is 2. The van der Waals surface area contributed by atoms with E-state index in [0.29, 0.717) is 0 Å². The number of carboxylic acid groups (broad SMARTS) is 2. The van der Waals surface area contributed by atoms with Gasteiger partial charge < -0.3 is 10.2 Å². The third-order valence-corrected chi connectivity index (χ3v) is 2.45. The molecule has 0 aromatic rings. The second-order valence-corrected chi connectivity index (χ2v) is 3.44. The summed E-state index contributed by atoms with van der Waals surface area (Å²) in [5.41, 5.74) is -0.0683. The summed E-state index contributed by atoms with van der Waals surface area (Å²) in [5.74, 6) is -2.93. The lowest BCUT2D eigenvalue weighted by molar-refractivity contribution is -0.133. The van der Waals surface area contributed by atoms with Crippen molar-refractivity contribution in [1.29, 1.82) is 0 Å². The van der Waals surface area contributed by atoms with E-state index in [2.05, 4.69) is 0 Å². The molecule has 16 heavy (non-hydrogen) atoms. The van der Waals surface area contributed by atoms with Crippen molar-refractivity contribution in [3.63, 3.8) is 0 Å². The third kappa shape index (κ3) is 3.05. The first-order chi connectivity index (χ1) is 7.20. The Kier molecular flexibility index (Phi) is 4.62. The van der Waals surface area contributed by atoms with Crippen molar-refractivity contribution >= 4 is 17.7 Å². The second-order valence-electron chi connectivity index (χ2n) is 3.44. The fraction of sp³-hybridized carbons (Fsp3) is 0.364. The number of ketones is 1. The molecule has 5 nitrogen and oxygen atoms in total. The van der Waals surface area contributed by atoms with Gasteiger partial charge >= 0.3 is 11.9 Å². The lowest BCUT2D eigenvalue weighted by Gasteiger charge is -2.05. The van der Waals surface area contributed by atoms with E-state index < -0.39 is 17.7 Å². The predicted octanol–water partition coefficient (Wildman–Crippen LogP) is 1.40. The summed E-state index contributed by atoms with van der Waals surface area (Å²) in [4.78, 5) is 33.0. The van der Waals surface area contributed by atoms with Gasteiger partial charge in [0.25, 0.3) is 0 Å². The minimum Gasteiger partial charge on any atom is -0.478 e. The Morgan fingerprint density at radius 1 is 0.625 bits per heavy atom. The lowest BCUT2D eigenvalue weighted by Crippen LogP contribution is -2.12. The van der Waals surface area contributed by atoms with Gasteiger partial charge in [0.1, 0.15) is 0 Å². The van der Waals surface area contributed by atoms with Gasteiger partial charge in [-0.25, -0.2) is 9.59 Å². The van der Waals surface area contributed by atoms with Gasteiger partial charge in [0.15, 0.2) is 5.78 Å². The summed E-state index contributed by atoms with van der Waals surface area (Å²) < 4.78 is 0. The molecule has 0 spiro atoms. The van der Waals surface area contributed by atoms with Crippen LogP contribution in [0.15, 0.2) is 22.3 Å². The Bertz CT molecular complexity index is 374. The Labute approximate surface area is 93.1 Å². The van der Waals surface area contributed by atoms with Crippen LogP contribution >= 0.6 is 0 Å². The molecular formula is C11H14O5. The Hall–Kier alpha value is -1.91. The Morgan fingerprint density at radius 3 is 1.06 bits per heavy atom. The van der Waals surface area contributed by atoms with Crippen LogP contribution in [0.25, 0.3) is 0 Å². The molecule has 0 bridgehead atoms. The van der Waals surface area contributed by atoms with Crippen molar-refractivity contribution in [3.05, 3.63) is 22.3 Å². The van der Waals surface area contributed by atoms with E-state index >= 15 is 0 Å². The Morgan fingerprint density at radius 2 is 0.875 bits per heavy atom. The molecule has 0 saturated carbocycles. The average molecular weight is 226 g/mol. The van der Waals surface area contributed by atoms with E-state index in [1.54, 1.807) is 0 Å². The molecule has 0 rings (SSSR count). The van der Waals surface area contributed by atoms with E-state index in [9.17, 15) is 14.4 Å². The van der Waals surface area contributed by atoms with Crippen LogP contribution < -0.4 is 0 Å². The average Bonchev–Trinajstić information content (AvgIpc) is 2.23. The third-order valence-electron chi connectivity index (χ3n) is 2.45. The summed E-state index contributed by atoms with van der Waals surface area (Å²) in [6.45, 7) is 5.34. The molecule has 0 radical (unpaired) electrons. The molecule has 0 aliphatic carbocycles. The fourth-order valence-electron chi connectivity index (χ4n) is 0.943. The minimum absolute atomic E-state index is 0.0469. The number of hydrogen-bond donors (Lipinski definition) is 2. The molecule has 0 amide bonds. The van der Waals surface area contributed by atoms with Crippen molar-refractivity contribution in [2.24, 2.45) is 0 Å². The van der Waals surface area contributed by atoms with Crippen molar-refractivity contribution in [3.8, 4) is 0 Å². The molecule has 0 aliphatic heterocycles. The van der Waals surface area contributed by atoms with Gasteiger partial charge in [0, 0.05) is 22.3 Å². The second kappa shape index (κ2) is 5.25. The minimum atomic E-state index is -1.19. The molecule has 0 atom stereocenters. The van der Waals surface area contributed by atoms with Crippen LogP contribution in [0.1, 0.15) is 27.7 Å². The number of Topliss-reactive ketones (excluding diaryl/α,β-unsaturated/α-hetero) is 1. The summed E-state index contributed by atoms with van der Waals surface area (Å²) in [6.07, 6.45) is 0. The molecule has 0 unspecified atom stereocenters. The highest BCUT2D eigenvalue weighted by Crippen LogP contribution is 2.14. The molecule has 88 valence electrons. The summed E-state index contributed by atoms with van der Waals surface area (Å²) >= 11 is 0. The summed E-state index contributed by atoms with van der Waals surface area (Å²) in [7, 11) is 0. The number of carboxylic acids is 2. The zero-order valence-corrected chi connectivity index (χ0v) is 9.62. The standard InChI is InChI=1S/C11H14O5/c1-5(7(3)10(13)14)9(12)6(2)8(4)11(15)16/h1-4H3,(H,13,14)(H,15,16). The molecule has 0 heterocycles. The molecule has 0 aromatic carbocycles. The van der Waals surface area contributed by atoms with Gasteiger partial charge in [0.2, 0.25) is 0 Å². The van der Waals surface area contributed by atoms with E-state index in [-0.39, 0.29) is 22.3 Å². The van der Waals surface area contributed by atoms with Crippen LogP contribution in [0.2, 0.25) is 0 Å². The van der Waals surface area contributed by atoms with Crippen LogP contribution in [-0.2, 0) is 14.4 Å². The summed E-state index contributed by atoms with van der Waals surface area (Å²) in [5, 5.41) is 17.4. The molecular weight excluding hydrogens is 212 g/mol. The van der Waals surface area contributed by atoms with Crippen LogP contribution in [0.3, 0.4) is 0 Å². The van der Waals surface area contributed by atoms with Crippen molar-refractivity contribution in [1.82, 2.24) is 0 Å². The first kappa shape index (κ1) is 14.1. The zero-order valence-electron chi connectivity index (χ0n) is 9.62. The number of carbonyl (C=O) groups is 3. The first-order valence-electron chi connectivity index (χ1n) is 4.56. The topological polar surface area (TPSA) is 91.7 Å². The number of rotatable bonds is 4. The van der Waals surface area contributed by atoms with Gasteiger partial charge in [0.05, 0.1) is 0 Å². The van der Waals surface area contributed by atoms with Crippen LogP contribution in [-0.4, -0.2) is 27.9 Å². The van der Waals surface area contributed by atoms with E-state index in [1.165, 1.54) is 27.7 Å². The maximum absolute atomic E-state index is 11.7.